The van der Waals surface area contributed by atoms with Crippen molar-refractivity contribution in [2.75, 3.05) is 5.32 Å². The summed E-state index contributed by atoms with van der Waals surface area (Å²) in [5.74, 6) is -0.328. The van der Waals surface area contributed by atoms with Crippen LogP contribution in [0.25, 0.3) is 11.7 Å². The van der Waals surface area contributed by atoms with Gasteiger partial charge in [-0.15, -0.1) is 0 Å². The minimum Gasteiger partial charge on any atom is -0.493 e. The van der Waals surface area contributed by atoms with Gasteiger partial charge < -0.3 is 15.4 Å². The van der Waals surface area contributed by atoms with Crippen LogP contribution in [0, 0.1) is 12.7 Å². The molecule has 0 spiro atoms. The molecular weight excluding hydrogens is 415 g/mol. The summed E-state index contributed by atoms with van der Waals surface area (Å²) >= 11 is 0. The highest BCUT2D eigenvalue weighted by Crippen LogP contribution is 2.23. The zero-order valence-electron chi connectivity index (χ0n) is 17.4. The summed E-state index contributed by atoms with van der Waals surface area (Å²) in [4.78, 5) is 29.9. The molecule has 5 rings (SSSR count). The number of aryl methyl sites for hydroxylation is 1. The van der Waals surface area contributed by atoms with Crippen LogP contribution < -0.4 is 21.8 Å². The molecule has 1 atom stereocenters. The first-order valence-electron chi connectivity index (χ1n) is 10.2. The number of hydrogen-bond donors (Lipinski definition) is 4. The minimum absolute atomic E-state index is 0.189. The van der Waals surface area contributed by atoms with E-state index in [2.05, 4.69) is 35.3 Å². The third-order valence-electron chi connectivity index (χ3n) is 5.22. The van der Waals surface area contributed by atoms with Gasteiger partial charge >= 0.3 is 5.69 Å². The standard InChI is InChI=1S/C21H21FN8O2/c1-10-3-6-15(22)14(7-10)11(2)24-19-27-17-12(8-16-18(31)28-21(32)26-16)9-23-30(17)20(29-19)25-13-4-5-13/h3,6-9,11,13,31H,4-5H2,1-2H3,(H,24,25,29)(H2,26,28,32)/t11-/m1/s1. The highest BCUT2D eigenvalue weighted by Gasteiger charge is 2.21. The number of rotatable bonds is 5. The van der Waals surface area contributed by atoms with E-state index in [1.165, 1.54) is 10.6 Å². The molecule has 1 aliphatic rings. The molecule has 1 fully saturated rings. The highest BCUT2D eigenvalue weighted by molar-refractivity contribution is 5.57. The average Bonchev–Trinajstić information content (AvgIpc) is 3.38. The smallest absolute Gasteiger partial charge is 0.326 e. The maximum atomic E-state index is 14.4. The number of H-pyrrole nitrogens is 2. The lowest BCUT2D eigenvalue weighted by atomic mass is 10.1. The lowest BCUT2D eigenvalue weighted by Gasteiger charge is -2.15. The van der Waals surface area contributed by atoms with Crippen molar-refractivity contribution in [3.05, 3.63) is 68.4 Å². The topological polar surface area (TPSA) is 136 Å². The molecule has 0 amide bonds. The van der Waals surface area contributed by atoms with Crippen LogP contribution in [0.3, 0.4) is 0 Å². The van der Waals surface area contributed by atoms with Crippen LogP contribution in [-0.2, 0) is 0 Å². The Morgan fingerprint density at radius 2 is 2.16 bits per heavy atom. The van der Waals surface area contributed by atoms with Gasteiger partial charge in [0.05, 0.1) is 18.3 Å². The number of aromatic nitrogens is 6. The molecule has 0 aliphatic heterocycles. The third-order valence-corrected chi connectivity index (χ3v) is 5.22. The van der Waals surface area contributed by atoms with Crippen molar-refractivity contribution in [2.45, 2.75) is 38.8 Å². The summed E-state index contributed by atoms with van der Waals surface area (Å²) in [5, 5.41) is 17.9. The van der Waals surface area contributed by atoms with Crippen LogP contribution in [0.2, 0.25) is 0 Å². The molecule has 4 aromatic rings. The molecular formula is C21H21FN8O2. The summed E-state index contributed by atoms with van der Waals surface area (Å²) in [7, 11) is 0. The number of nitrogens with one attached hydrogen (secondary N) is 3. The molecule has 1 aromatic carbocycles. The van der Waals surface area contributed by atoms with Crippen molar-refractivity contribution < 1.29 is 9.50 Å². The first-order chi connectivity index (χ1) is 15.4. The monoisotopic (exact) mass is 436 g/mol. The Morgan fingerprint density at radius 1 is 1.34 bits per heavy atom. The Balaban J connectivity index is 1.62. The van der Waals surface area contributed by atoms with Gasteiger partial charge in [0.25, 0.3) is 5.62 Å². The molecule has 164 valence electrons. The van der Waals surface area contributed by atoms with Crippen LogP contribution >= 0.6 is 0 Å². The number of hydrogen-bond acceptors (Lipinski definition) is 7. The maximum absolute atomic E-state index is 14.4. The number of anilines is 1. The summed E-state index contributed by atoms with van der Waals surface area (Å²) in [5.41, 5.74) is 1.94. The summed E-state index contributed by atoms with van der Waals surface area (Å²) in [6, 6.07) is 4.73. The SMILES string of the molecule is Cc1ccc(F)c([C@@H](C)Nc2nc(=NC3CC3)n3ncc(=Cc4[nH]c(=O)[nH]c4O)c3n2)c1. The normalized spacial score (nSPS) is 16.1. The second-order valence-electron chi connectivity index (χ2n) is 7.92. The lowest BCUT2D eigenvalue weighted by Crippen LogP contribution is -2.25. The molecule has 3 heterocycles. The largest absolute Gasteiger partial charge is 0.493 e. The van der Waals surface area contributed by atoms with Gasteiger partial charge in [0.15, 0.2) is 5.65 Å². The Labute approximate surface area is 180 Å². The number of imidazole rings is 1. The quantitative estimate of drug-likeness (QED) is 0.370. The minimum atomic E-state index is -0.527. The second kappa shape index (κ2) is 7.59. The molecule has 0 unspecified atom stereocenters. The third kappa shape index (κ3) is 3.84. The lowest BCUT2D eigenvalue weighted by molar-refractivity contribution is 0.454. The maximum Gasteiger partial charge on any atom is 0.326 e. The van der Waals surface area contributed by atoms with E-state index in [0.29, 0.717) is 22.0 Å². The predicted octanol–water partition coefficient (Wildman–Crippen LogP) is 1.08. The van der Waals surface area contributed by atoms with Crippen LogP contribution in [0.4, 0.5) is 10.3 Å². The molecule has 0 bridgehead atoms. The second-order valence-corrected chi connectivity index (χ2v) is 7.92. The molecule has 1 aliphatic carbocycles. The van der Waals surface area contributed by atoms with Gasteiger partial charge in [-0.2, -0.15) is 19.6 Å². The van der Waals surface area contributed by atoms with Gasteiger partial charge in [-0.25, -0.2) is 14.2 Å². The van der Waals surface area contributed by atoms with E-state index in [9.17, 15) is 14.3 Å². The van der Waals surface area contributed by atoms with E-state index in [1.807, 2.05) is 13.8 Å². The summed E-state index contributed by atoms with van der Waals surface area (Å²) in [6.45, 7) is 3.73. The van der Waals surface area contributed by atoms with Crippen LogP contribution in [-0.4, -0.2) is 40.7 Å². The van der Waals surface area contributed by atoms with E-state index in [4.69, 9.17) is 0 Å². The van der Waals surface area contributed by atoms with Gasteiger partial charge in [-0.1, -0.05) is 17.7 Å². The average molecular weight is 436 g/mol. The van der Waals surface area contributed by atoms with E-state index in [0.717, 1.165) is 18.4 Å². The first-order valence-corrected chi connectivity index (χ1v) is 10.2. The Kier molecular flexibility index (Phi) is 4.72. The van der Waals surface area contributed by atoms with Crippen LogP contribution in [0.15, 0.2) is 34.2 Å². The predicted molar refractivity (Wildman–Crippen MR) is 114 cm³/mol. The number of halogens is 1. The van der Waals surface area contributed by atoms with Gasteiger partial charge in [0, 0.05) is 10.8 Å². The number of aromatic hydroxyl groups is 1. The fraction of sp³-hybridized carbons (Fsp3) is 0.286. The van der Waals surface area contributed by atoms with Crippen molar-refractivity contribution in [1.29, 1.82) is 0 Å². The number of aromatic amines is 2. The van der Waals surface area contributed by atoms with Crippen molar-refractivity contribution in [2.24, 2.45) is 4.99 Å². The fourth-order valence-electron chi connectivity index (χ4n) is 3.41. The van der Waals surface area contributed by atoms with Crippen LogP contribution in [0.1, 0.15) is 42.6 Å². The molecule has 3 aromatic heterocycles. The Morgan fingerprint density at radius 3 is 2.88 bits per heavy atom. The van der Waals surface area contributed by atoms with Gasteiger partial charge in [-0.05, 0) is 38.8 Å². The highest BCUT2D eigenvalue weighted by atomic mass is 19.1. The van der Waals surface area contributed by atoms with Crippen molar-refractivity contribution >= 4 is 17.7 Å². The Hall–Kier alpha value is -4.02. The number of fused-ring (bicyclic) bond motifs is 1. The van der Waals surface area contributed by atoms with Crippen molar-refractivity contribution in [1.82, 2.24) is 29.5 Å². The summed E-state index contributed by atoms with van der Waals surface area (Å²) in [6.07, 6.45) is 5.07. The molecule has 10 nitrogen and oxygen atoms in total. The zero-order valence-corrected chi connectivity index (χ0v) is 17.4. The van der Waals surface area contributed by atoms with Crippen LogP contribution in [0.5, 0.6) is 5.88 Å². The molecule has 11 heteroatoms. The van der Waals surface area contributed by atoms with E-state index < -0.39 is 11.7 Å². The van der Waals surface area contributed by atoms with Crippen molar-refractivity contribution in [3.63, 3.8) is 0 Å². The number of benzene rings is 1. The number of nitrogens with zero attached hydrogens (tertiary/aromatic N) is 5. The van der Waals surface area contributed by atoms with Gasteiger partial charge in [0.2, 0.25) is 11.8 Å². The van der Waals surface area contributed by atoms with E-state index in [-0.39, 0.29) is 29.4 Å². The molecule has 0 radical (unpaired) electrons. The Bertz CT molecular complexity index is 1500. The van der Waals surface area contributed by atoms with E-state index >= 15 is 0 Å². The summed E-state index contributed by atoms with van der Waals surface area (Å²) < 4.78 is 15.9. The fourth-order valence-corrected chi connectivity index (χ4v) is 3.41. The molecule has 0 saturated heterocycles. The van der Waals surface area contributed by atoms with E-state index in [1.54, 1.807) is 24.4 Å². The molecule has 1 saturated carbocycles. The first kappa shape index (κ1) is 19.9. The van der Waals surface area contributed by atoms with Gasteiger partial charge in [-0.3, -0.25) is 4.98 Å². The van der Waals surface area contributed by atoms with Gasteiger partial charge in [0.1, 0.15) is 11.5 Å². The van der Waals surface area contributed by atoms with Crippen molar-refractivity contribution in [3.8, 4) is 5.88 Å². The zero-order chi connectivity index (χ0) is 22.4. The molecule has 4 N–H and O–H groups in total. The molecule has 32 heavy (non-hydrogen) atoms.